The molecule has 24 heavy (non-hydrogen) atoms. The molecule has 1 aromatic heterocycles. The van der Waals surface area contributed by atoms with Gasteiger partial charge in [0.25, 0.3) is 0 Å². The van der Waals surface area contributed by atoms with Crippen LogP contribution < -0.4 is 5.73 Å². The lowest BCUT2D eigenvalue weighted by Gasteiger charge is -2.34. The number of piperazine rings is 1. The van der Waals surface area contributed by atoms with E-state index in [4.69, 9.17) is 10.3 Å². The molecular formula is C16H25Cl2N5O. The smallest absolute Gasteiger partial charge is 0.226 e. The standard InChI is InChI=1S/C16H23N5O.2ClH/c1-2-16-18-15(19-22-16)12-21-8-6-20(7-9-21)11-13-4-3-5-14(17)10-13;;/h3-5,10H,2,6-9,11-12,17H2,1H3;2*1H. The van der Waals surface area contributed by atoms with Gasteiger partial charge >= 0.3 is 0 Å². The summed E-state index contributed by atoms with van der Waals surface area (Å²) < 4.78 is 5.16. The van der Waals surface area contributed by atoms with Crippen LogP contribution >= 0.6 is 24.8 Å². The average Bonchev–Trinajstić information content (AvgIpc) is 2.97. The number of benzene rings is 1. The van der Waals surface area contributed by atoms with Gasteiger partial charge in [-0.1, -0.05) is 24.2 Å². The summed E-state index contributed by atoms with van der Waals surface area (Å²) in [6, 6.07) is 8.13. The van der Waals surface area contributed by atoms with Crippen molar-refractivity contribution >= 4 is 30.5 Å². The zero-order valence-corrected chi connectivity index (χ0v) is 15.5. The van der Waals surface area contributed by atoms with Crippen LogP contribution in [0.5, 0.6) is 0 Å². The third-order valence-corrected chi connectivity index (χ3v) is 4.00. The summed E-state index contributed by atoms with van der Waals surface area (Å²) in [5.41, 5.74) is 7.95. The van der Waals surface area contributed by atoms with Gasteiger partial charge in [-0.3, -0.25) is 9.80 Å². The van der Waals surface area contributed by atoms with Crippen molar-refractivity contribution in [2.24, 2.45) is 0 Å². The van der Waals surface area contributed by atoms with E-state index < -0.39 is 0 Å². The summed E-state index contributed by atoms with van der Waals surface area (Å²) in [5, 5.41) is 4.02. The minimum Gasteiger partial charge on any atom is -0.399 e. The number of halogens is 2. The lowest BCUT2D eigenvalue weighted by atomic mass is 10.2. The summed E-state index contributed by atoms with van der Waals surface area (Å²) >= 11 is 0. The van der Waals surface area contributed by atoms with E-state index >= 15 is 0 Å². The van der Waals surface area contributed by atoms with Crippen molar-refractivity contribution in [1.29, 1.82) is 0 Å². The molecule has 0 bridgehead atoms. The second-order valence-corrected chi connectivity index (χ2v) is 5.76. The Labute approximate surface area is 155 Å². The van der Waals surface area contributed by atoms with Gasteiger partial charge in [0.2, 0.25) is 5.89 Å². The van der Waals surface area contributed by atoms with Gasteiger partial charge in [0.15, 0.2) is 5.82 Å². The van der Waals surface area contributed by atoms with Gasteiger partial charge < -0.3 is 10.3 Å². The van der Waals surface area contributed by atoms with Crippen LogP contribution in [0.15, 0.2) is 28.8 Å². The monoisotopic (exact) mass is 373 g/mol. The third-order valence-electron chi connectivity index (χ3n) is 4.00. The van der Waals surface area contributed by atoms with Crippen molar-refractivity contribution in [3.63, 3.8) is 0 Å². The molecule has 0 amide bonds. The highest BCUT2D eigenvalue weighted by atomic mass is 35.5. The molecule has 0 spiro atoms. The van der Waals surface area contributed by atoms with Gasteiger partial charge in [-0.25, -0.2) is 0 Å². The highest BCUT2D eigenvalue weighted by Crippen LogP contribution is 2.12. The van der Waals surface area contributed by atoms with E-state index in [0.717, 1.165) is 63.1 Å². The Morgan fingerprint density at radius 2 is 1.75 bits per heavy atom. The van der Waals surface area contributed by atoms with Crippen molar-refractivity contribution in [3.05, 3.63) is 41.5 Å². The number of aromatic nitrogens is 2. The molecule has 0 unspecified atom stereocenters. The molecule has 8 heteroatoms. The fourth-order valence-corrected chi connectivity index (χ4v) is 2.75. The normalized spacial score (nSPS) is 15.5. The largest absolute Gasteiger partial charge is 0.399 e. The zero-order chi connectivity index (χ0) is 15.4. The van der Waals surface area contributed by atoms with Crippen LogP contribution in [0.3, 0.4) is 0 Å². The summed E-state index contributed by atoms with van der Waals surface area (Å²) in [5.74, 6) is 1.51. The number of hydrogen-bond donors (Lipinski definition) is 1. The molecule has 2 N–H and O–H groups in total. The van der Waals surface area contributed by atoms with Crippen LogP contribution in [0.2, 0.25) is 0 Å². The van der Waals surface area contributed by atoms with Crippen LogP contribution in [0.1, 0.15) is 24.2 Å². The summed E-state index contributed by atoms with van der Waals surface area (Å²) in [4.78, 5) is 9.20. The first-order valence-corrected chi connectivity index (χ1v) is 7.83. The molecule has 6 nitrogen and oxygen atoms in total. The van der Waals surface area contributed by atoms with Gasteiger partial charge in [-0.15, -0.1) is 24.8 Å². The summed E-state index contributed by atoms with van der Waals surface area (Å²) in [6.45, 7) is 7.90. The summed E-state index contributed by atoms with van der Waals surface area (Å²) in [6.07, 6.45) is 0.793. The molecule has 2 heterocycles. The molecule has 1 fully saturated rings. The molecule has 134 valence electrons. The first kappa shape index (κ1) is 20.7. The zero-order valence-electron chi connectivity index (χ0n) is 13.9. The first-order chi connectivity index (χ1) is 10.7. The van der Waals surface area contributed by atoms with Crippen molar-refractivity contribution < 1.29 is 4.52 Å². The van der Waals surface area contributed by atoms with Crippen molar-refractivity contribution in [2.75, 3.05) is 31.9 Å². The quantitative estimate of drug-likeness (QED) is 0.811. The lowest BCUT2D eigenvalue weighted by molar-refractivity contribution is 0.119. The van der Waals surface area contributed by atoms with Crippen LogP contribution in [0.25, 0.3) is 0 Å². The highest BCUT2D eigenvalue weighted by molar-refractivity contribution is 5.85. The molecule has 1 aliphatic heterocycles. The molecule has 1 aromatic carbocycles. The fourth-order valence-electron chi connectivity index (χ4n) is 2.75. The minimum absolute atomic E-state index is 0. The third kappa shape index (κ3) is 5.63. The SMILES string of the molecule is CCc1nc(CN2CCN(Cc3cccc(N)c3)CC2)no1.Cl.Cl. The topological polar surface area (TPSA) is 71.4 Å². The maximum Gasteiger partial charge on any atom is 0.226 e. The number of nitrogen functional groups attached to an aromatic ring is 1. The lowest BCUT2D eigenvalue weighted by Crippen LogP contribution is -2.45. The van der Waals surface area contributed by atoms with Crippen LogP contribution in [0, 0.1) is 0 Å². The van der Waals surface area contributed by atoms with Crippen LogP contribution in [-0.4, -0.2) is 46.1 Å². The number of aryl methyl sites for hydroxylation is 1. The second kappa shape index (κ2) is 9.84. The molecule has 2 aromatic rings. The molecular weight excluding hydrogens is 349 g/mol. The molecule has 0 saturated carbocycles. The number of rotatable bonds is 5. The van der Waals surface area contributed by atoms with E-state index in [9.17, 15) is 0 Å². The van der Waals surface area contributed by atoms with Crippen molar-refractivity contribution in [2.45, 2.75) is 26.4 Å². The molecule has 0 aliphatic carbocycles. The second-order valence-electron chi connectivity index (χ2n) is 5.76. The van der Waals surface area contributed by atoms with Crippen LogP contribution in [0.4, 0.5) is 5.69 Å². The maximum atomic E-state index is 5.84. The Morgan fingerprint density at radius 1 is 1.08 bits per heavy atom. The Bertz CT molecular complexity index is 614. The van der Waals surface area contributed by atoms with E-state index in [2.05, 4.69) is 32.1 Å². The van der Waals surface area contributed by atoms with Gasteiger partial charge in [-0.2, -0.15) is 4.98 Å². The van der Waals surface area contributed by atoms with Gasteiger partial charge in [0, 0.05) is 44.8 Å². The summed E-state index contributed by atoms with van der Waals surface area (Å²) in [7, 11) is 0. The Kier molecular flexibility index (Phi) is 8.48. The van der Waals surface area contributed by atoms with E-state index in [1.165, 1.54) is 5.56 Å². The van der Waals surface area contributed by atoms with Gasteiger partial charge in [0.05, 0.1) is 6.54 Å². The van der Waals surface area contributed by atoms with E-state index in [1.54, 1.807) is 0 Å². The Morgan fingerprint density at radius 3 is 2.33 bits per heavy atom. The maximum absolute atomic E-state index is 5.84. The van der Waals surface area contributed by atoms with Crippen LogP contribution in [-0.2, 0) is 19.5 Å². The fraction of sp³-hybridized carbons (Fsp3) is 0.500. The number of nitrogens with two attached hydrogens (primary N) is 1. The van der Waals surface area contributed by atoms with E-state index in [0.29, 0.717) is 0 Å². The predicted molar refractivity (Wildman–Crippen MR) is 99.6 cm³/mol. The minimum atomic E-state index is 0. The number of nitrogens with zero attached hydrogens (tertiary/aromatic N) is 4. The van der Waals surface area contributed by atoms with Gasteiger partial charge in [-0.05, 0) is 17.7 Å². The van der Waals surface area contributed by atoms with Crippen molar-refractivity contribution in [3.8, 4) is 0 Å². The highest BCUT2D eigenvalue weighted by Gasteiger charge is 2.18. The van der Waals surface area contributed by atoms with Gasteiger partial charge in [0.1, 0.15) is 0 Å². The molecule has 0 radical (unpaired) electrons. The average molecular weight is 374 g/mol. The Balaban J connectivity index is 0.00000144. The predicted octanol–water partition coefficient (Wildman–Crippen LogP) is 2.38. The number of hydrogen-bond acceptors (Lipinski definition) is 6. The molecule has 0 atom stereocenters. The number of anilines is 1. The Hall–Kier alpha value is -1.34. The molecule has 1 saturated heterocycles. The first-order valence-electron chi connectivity index (χ1n) is 7.83. The van der Waals surface area contributed by atoms with E-state index in [1.807, 2.05) is 19.1 Å². The van der Waals surface area contributed by atoms with Crippen molar-refractivity contribution in [1.82, 2.24) is 19.9 Å². The molecule has 1 aliphatic rings. The molecule has 3 rings (SSSR count). The van der Waals surface area contributed by atoms with E-state index in [-0.39, 0.29) is 24.8 Å².